The average molecular weight is 354 g/mol. The first-order chi connectivity index (χ1) is 11.9. The highest BCUT2D eigenvalue weighted by atomic mass is 19.4. The Hall–Kier alpha value is -2.18. The minimum atomic E-state index is -4.72. The molecule has 0 N–H and O–H groups in total. The standard InChI is InChI=1S/C18H21F3N2O2/c1-13-8-9-22-23(13)11-15-10-16(25-18(19,20)21)6-7-17(15)24-12-14-4-2-3-5-14/h6-10,14H,2-5,11-12H2,1H3. The molecule has 1 aliphatic carbocycles. The first-order valence-electron chi connectivity index (χ1n) is 8.40. The van der Waals surface area contributed by atoms with E-state index in [1.165, 1.54) is 25.0 Å². The van der Waals surface area contributed by atoms with Gasteiger partial charge in [0.15, 0.2) is 0 Å². The highest BCUT2D eigenvalue weighted by Gasteiger charge is 2.31. The van der Waals surface area contributed by atoms with Crippen molar-refractivity contribution >= 4 is 0 Å². The van der Waals surface area contributed by atoms with Gasteiger partial charge >= 0.3 is 6.36 Å². The summed E-state index contributed by atoms with van der Waals surface area (Å²) in [6, 6.07) is 6.05. The SMILES string of the molecule is Cc1ccnn1Cc1cc(OC(F)(F)F)ccc1OCC1CCCC1. The topological polar surface area (TPSA) is 36.3 Å². The molecule has 0 spiro atoms. The first-order valence-corrected chi connectivity index (χ1v) is 8.40. The molecule has 7 heteroatoms. The predicted octanol–water partition coefficient (Wildman–Crippen LogP) is 4.71. The number of ether oxygens (including phenoxy) is 2. The fraction of sp³-hybridized carbons (Fsp3) is 0.500. The molecule has 0 atom stereocenters. The second kappa shape index (κ2) is 7.37. The minimum absolute atomic E-state index is 0.250. The van der Waals surface area contributed by atoms with Crippen molar-refractivity contribution in [3.63, 3.8) is 0 Å². The maximum Gasteiger partial charge on any atom is 0.573 e. The molecule has 0 bridgehead atoms. The zero-order valence-corrected chi connectivity index (χ0v) is 14.1. The summed E-state index contributed by atoms with van der Waals surface area (Å²) in [7, 11) is 0. The summed E-state index contributed by atoms with van der Waals surface area (Å²) in [5.41, 5.74) is 1.54. The van der Waals surface area contributed by atoms with Crippen molar-refractivity contribution in [2.24, 2.45) is 5.92 Å². The van der Waals surface area contributed by atoms with Crippen molar-refractivity contribution in [1.82, 2.24) is 9.78 Å². The van der Waals surface area contributed by atoms with Crippen molar-refractivity contribution in [1.29, 1.82) is 0 Å². The van der Waals surface area contributed by atoms with Gasteiger partial charge in [0.25, 0.3) is 0 Å². The zero-order chi connectivity index (χ0) is 17.9. The van der Waals surface area contributed by atoms with E-state index in [2.05, 4.69) is 9.84 Å². The lowest BCUT2D eigenvalue weighted by atomic mass is 10.1. The van der Waals surface area contributed by atoms with E-state index in [1.54, 1.807) is 16.9 Å². The Morgan fingerprint density at radius 3 is 2.60 bits per heavy atom. The van der Waals surface area contributed by atoms with Crippen LogP contribution in [0.25, 0.3) is 0 Å². The molecule has 136 valence electrons. The third-order valence-electron chi connectivity index (χ3n) is 4.46. The molecule has 4 nitrogen and oxygen atoms in total. The number of benzene rings is 1. The smallest absolute Gasteiger partial charge is 0.493 e. The van der Waals surface area contributed by atoms with E-state index in [0.717, 1.165) is 18.5 Å². The monoisotopic (exact) mass is 354 g/mol. The van der Waals surface area contributed by atoms with Gasteiger partial charge in [-0.3, -0.25) is 4.68 Å². The van der Waals surface area contributed by atoms with E-state index in [0.29, 0.717) is 30.4 Å². The number of hydrogen-bond acceptors (Lipinski definition) is 3. The highest BCUT2D eigenvalue weighted by molar-refractivity contribution is 5.40. The lowest BCUT2D eigenvalue weighted by Gasteiger charge is -2.17. The van der Waals surface area contributed by atoms with E-state index in [-0.39, 0.29) is 5.75 Å². The van der Waals surface area contributed by atoms with E-state index in [4.69, 9.17) is 4.74 Å². The number of halogens is 3. The number of aromatic nitrogens is 2. The molecular formula is C18H21F3N2O2. The molecule has 0 saturated heterocycles. The van der Waals surface area contributed by atoms with Gasteiger partial charge in [-0.05, 0) is 49.9 Å². The summed E-state index contributed by atoms with van der Waals surface area (Å²) in [6.45, 7) is 2.81. The number of aryl methyl sites for hydroxylation is 1. The molecule has 1 heterocycles. The van der Waals surface area contributed by atoms with Crippen LogP contribution in [0.4, 0.5) is 13.2 Å². The Bertz CT molecular complexity index is 707. The van der Waals surface area contributed by atoms with Crippen LogP contribution in [0, 0.1) is 12.8 Å². The Morgan fingerprint density at radius 1 is 1.20 bits per heavy atom. The number of hydrogen-bond donors (Lipinski definition) is 0. The van der Waals surface area contributed by atoms with Gasteiger partial charge in [-0.1, -0.05) is 12.8 Å². The van der Waals surface area contributed by atoms with Gasteiger partial charge in [0, 0.05) is 17.5 Å². The zero-order valence-electron chi connectivity index (χ0n) is 14.1. The second-order valence-corrected chi connectivity index (χ2v) is 6.41. The van der Waals surface area contributed by atoms with Crippen LogP contribution in [0.1, 0.15) is 36.9 Å². The molecule has 0 radical (unpaired) electrons. The highest BCUT2D eigenvalue weighted by Crippen LogP contribution is 2.31. The maximum atomic E-state index is 12.5. The molecule has 1 fully saturated rings. The van der Waals surface area contributed by atoms with Crippen LogP contribution in [0.15, 0.2) is 30.5 Å². The van der Waals surface area contributed by atoms with Crippen LogP contribution in [0.3, 0.4) is 0 Å². The summed E-state index contributed by atoms with van der Waals surface area (Å²) in [5, 5.41) is 4.19. The Morgan fingerprint density at radius 2 is 1.96 bits per heavy atom. The first kappa shape index (κ1) is 17.6. The van der Waals surface area contributed by atoms with Gasteiger partial charge in [0.05, 0.1) is 13.2 Å². The molecule has 25 heavy (non-hydrogen) atoms. The molecule has 1 aliphatic rings. The normalized spacial score (nSPS) is 15.5. The average Bonchev–Trinajstić information content (AvgIpc) is 3.17. The van der Waals surface area contributed by atoms with Crippen molar-refractivity contribution in [3.8, 4) is 11.5 Å². The fourth-order valence-corrected chi connectivity index (χ4v) is 3.13. The third kappa shape index (κ3) is 4.90. The van der Waals surface area contributed by atoms with Gasteiger partial charge < -0.3 is 9.47 Å². The van der Waals surface area contributed by atoms with Crippen LogP contribution >= 0.6 is 0 Å². The molecule has 3 rings (SSSR count). The molecule has 1 aromatic carbocycles. The third-order valence-corrected chi connectivity index (χ3v) is 4.46. The molecule has 1 saturated carbocycles. The van der Waals surface area contributed by atoms with Gasteiger partial charge in [-0.2, -0.15) is 5.10 Å². The van der Waals surface area contributed by atoms with Crippen LogP contribution in [-0.2, 0) is 6.54 Å². The van der Waals surface area contributed by atoms with Crippen molar-refractivity contribution in [3.05, 3.63) is 41.7 Å². The quantitative estimate of drug-likeness (QED) is 0.754. The molecular weight excluding hydrogens is 333 g/mol. The molecule has 1 aromatic heterocycles. The van der Waals surface area contributed by atoms with Crippen LogP contribution in [0.2, 0.25) is 0 Å². The van der Waals surface area contributed by atoms with Crippen molar-refractivity contribution < 1.29 is 22.6 Å². The van der Waals surface area contributed by atoms with E-state index in [9.17, 15) is 13.2 Å². The van der Waals surface area contributed by atoms with Gasteiger partial charge in [0.2, 0.25) is 0 Å². The summed E-state index contributed by atoms with van der Waals surface area (Å²) in [4.78, 5) is 0. The Kier molecular flexibility index (Phi) is 5.20. The van der Waals surface area contributed by atoms with Gasteiger partial charge in [-0.15, -0.1) is 13.2 Å². The molecule has 2 aromatic rings. The summed E-state index contributed by atoms with van der Waals surface area (Å²) in [5.74, 6) is 0.849. The van der Waals surface area contributed by atoms with Crippen LogP contribution in [0.5, 0.6) is 11.5 Å². The lowest BCUT2D eigenvalue weighted by Crippen LogP contribution is -2.17. The number of alkyl halides is 3. The fourth-order valence-electron chi connectivity index (χ4n) is 3.13. The number of rotatable bonds is 6. The van der Waals surface area contributed by atoms with E-state index >= 15 is 0 Å². The summed E-state index contributed by atoms with van der Waals surface area (Å²) in [6.07, 6.45) is 1.65. The Balaban J connectivity index is 1.80. The van der Waals surface area contributed by atoms with Crippen molar-refractivity contribution in [2.45, 2.75) is 45.5 Å². The predicted molar refractivity (Wildman–Crippen MR) is 86.6 cm³/mol. The van der Waals surface area contributed by atoms with Gasteiger partial charge in [-0.25, -0.2) is 0 Å². The van der Waals surface area contributed by atoms with Crippen LogP contribution < -0.4 is 9.47 Å². The van der Waals surface area contributed by atoms with Gasteiger partial charge in [0.1, 0.15) is 11.5 Å². The van der Waals surface area contributed by atoms with Crippen LogP contribution in [-0.4, -0.2) is 22.7 Å². The summed E-state index contributed by atoms with van der Waals surface area (Å²) < 4.78 is 49.2. The molecule has 0 unspecified atom stereocenters. The largest absolute Gasteiger partial charge is 0.573 e. The summed E-state index contributed by atoms with van der Waals surface area (Å²) >= 11 is 0. The van der Waals surface area contributed by atoms with E-state index in [1.807, 2.05) is 13.0 Å². The lowest BCUT2D eigenvalue weighted by molar-refractivity contribution is -0.274. The van der Waals surface area contributed by atoms with Crippen molar-refractivity contribution in [2.75, 3.05) is 6.61 Å². The molecule has 0 aliphatic heterocycles. The maximum absolute atomic E-state index is 12.5. The minimum Gasteiger partial charge on any atom is -0.493 e. The van der Waals surface area contributed by atoms with E-state index < -0.39 is 6.36 Å². The Labute approximate surface area is 144 Å². The molecule has 0 amide bonds. The second-order valence-electron chi connectivity index (χ2n) is 6.41. The number of nitrogens with zero attached hydrogens (tertiary/aromatic N) is 2.